The van der Waals surface area contributed by atoms with Gasteiger partial charge in [-0.05, 0) is 11.6 Å². The van der Waals surface area contributed by atoms with Crippen LogP contribution in [0, 0.1) is 0 Å². The number of piperazine rings is 1. The van der Waals surface area contributed by atoms with E-state index < -0.39 is 17.2 Å². The Kier molecular flexibility index (Phi) is 6.09. The number of amides is 1. The van der Waals surface area contributed by atoms with E-state index in [0.29, 0.717) is 13.1 Å². The zero-order valence-electron chi connectivity index (χ0n) is 17.1. The zero-order chi connectivity index (χ0) is 21.8. The van der Waals surface area contributed by atoms with Crippen LogP contribution in [-0.2, 0) is 13.6 Å². The molecule has 1 aliphatic rings. The van der Waals surface area contributed by atoms with Crippen LogP contribution < -0.4 is 21.9 Å². The van der Waals surface area contributed by atoms with E-state index >= 15 is 0 Å². The van der Waals surface area contributed by atoms with Crippen LogP contribution in [0.5, 0.6) is 0 Å². The first-order valence-corrected chi connectivity index (χ1v) is 9.99. The highest BCUT2D eigenvalue weighted by atomic mass is 16.2. The smallest absolute Gasteiger partial charge is 0.332 e. The number of aromatic nitrogens is 6. The number of hydrogen-bond acceptors (Lipinski definition) is 9. The molecule has 162 valence electrons. The van der Waals surface area contributed by atoms with Crippen molar-refractivity contribution in [1.29, 1.82) is 0 Å². The lowest BCUT2D eigenvalue weighted by Gasteiger charge is -2.26. The van der Waals surface area contributed by atoms with Crippen LogP contribution in [0.1, 0.15) is 16.2 Å². The highest BCUT2D eigenvalue weighted by molar-refractivity contribution is 5.91. The largest absolute Gasteiger partial charge is 0.348 e. The van der Waals surface area contributed by atoms with Crippen molar-refractivity contribution in [3.05, 3.63) is 56.8 Å². The van der Waals surface area contributed by atoms with Gasteiger partial charge in [0.2, 0.25) is 5.82 Å². The van der Waals surface area contributed by atoms with Crippen LogP contribution in [0.15, 0.2) is 34.1 Å². The summed E-state index contributed by atoms with van der Waals surface area (Å²) in [7, 11) is 1.36. The van der Waals surface area contributed by atoms with Gasteiger partial charge in [-0.25, -0.2) is 9.78 Å². The number of pyridine rings is 1. The summed E-state index contributed by atoms with van der Waals surface area (Å²) in [6.45, 7) is 4.98. The Morgan fingerprint density at radius 1 is 1.23 bits per heavy atom. The number of rotatable bonds is 6. The van der Waals surface area contributed by atoms with E-state index in [4.69, 9.17) is 0 Å². The minimum atomic E-state index is -0.632. The quantitative estimate of drug-likeness (QED) is 0.457. The summed E-state index contributed by atoms with van der Waals surface area (Å²) in [4.78, 5) is 48.1. The van der Waals surface area contributed by atoms with Crippen LogP contribution in [0.25, 0.3) is 11.2 Å². The molecular formula is C19H23N9O3. The first-order chi connectivity index (χ1) is 15.0. The SMILES string of the molecule is Cn1c(=O)c2nc(C(=O)NCCN3CCNCC3)nnc2n(Cc2cccnc2)c1=O. The van der Waals surface area contributed by atoms with Crippen molar-refractivity contribution in [1.82, 2.24) is 44.8 Å². The maximum Gasteiger partial charge on any atom is 0.332 e. The van der Waals surface area contributed by atoms with Gasteiger partial charge in [0.15, 0.2) is 11.2 Å². The fraction of sp³-hybridized carbons (Fsp3) is 0.421. The maximum atomic E-state index is 12.6. The average molecular weight is 425 g/mol. The van der Waals surface area contributed by atoms with E-state index in [9.17, 15) is 14.4 Å². The average Bonchev–Trinajstić information content (AvgIpc) is 2.81. The summed E-state index contributed by atoms with van der Waals surface area (Å²) in [6, 6.07) is 3.55. The Morgan fingerprint density at radius 3 is 2.77 bits per heavy atom. The van der Waals surface area contributed by atoms with Crippen molar-refractivity contribution < 1.29 is 4.79 Å². The second-order valence-electron chi connectivity index (χ2n) is 7.25. The minimum absolute atomic E-state index is 0.0225. The van der Waals surface area contributed by atoms with Gasteiger partial charge in [-0.3, -0.25) is 28.6 Å². The molecule has 1 fully saturated rings. The van der Waals surface area contributed by atoms with Gasteiger partial charge in [-0.2, -0.15) is 0 Å². The third kappa shape index (κ3) is 4.49. The summed E-state index contributed by atoms with van der Waals surface area (Å²) in [5.41, 5.74) is -0.499. The Bertz CT molecular complexity index is 1200. The molecule has 12 nitrogen and oxygen atoms in total. The van der Waals surface area contributed by atoms with Gasteiger partial charge >= 0.3 is 5.69 Å². The van der Waals surface area contributed by atoms with Gasteiger partial charge < -0.3 is 10.6 Å². The minimum Gasteiger partial charge on any atom is -0.348 e. The van der Waals surface area contributed by atoms with Crippen LogP contribution >= 0.6 is 0 Å². The summed E-state index contributed by atoms with van der Waals surface area (Å²) < 4.78 is 2.24. The standard InChI is InChI=1S/C19H23N9O3/c1-26-18(30)14-16(28(19(26)31)12-13-3-2-4-21-11-13)25-24-15(23-14)17(29)22-7-10-27-8-5-20-6-9-27/h2-4,11,20H,5-10,12H2,1H3,(H,22,29). The molecule has 0 bridgehead atoms. The molecule has 12 heteroatoms. The number of fused-ring (bicyclic) bond motifs is 1. The first-order valence-electron chi connectivity index (χ1n) is 9.99. The van der Waals surface area contributed by atoms with Crippen molar-refractivity contribution in [3.63, 3.8) is 0 Å². The van der Waals surface area contributed by atoms with E-state index in [1.54, 1.807) is 24.5 Å². The Morgan fingerprint density at radius 2 is 2.03 bits per heavy atom. The van der Waals surface area contributed by atoms with Gasteiger partial charge in [-0.1, -0.05) is 6.07 Å². The van der Waals surface area contributed by atoms with E-state index in [1.807, 2.05) is 0 Å². The molecule has 4 rings (SSSR count). The normalized spacial score (nSPS) is 14.6. The van der Waals surface area contributed by atoms with E-state index in [-0.39, 0.29) is 23.5 Å². The zero-order valence-corrected chi connectivity index (χ0v) is 17.1. The maximum absolute atomic E-state index is 12.6. The molecule has 31 heavy (non-hydrogen) atoms. The number of carbonyl (C=O) groups excluding carboxylic acids is 1. The first kappa shape index (κ1) is 20.8. The Hall–Kier alpha value is -3.51. The lowest BCUT2D eigenvalue weighted by Crippen LogP contribution is -2.46. The number of nitrogens with one attached hydrogen (secondary N) is 2. The molecule has 1 saturated heterocycles. The molecule has 0 spiro atoms. The Balaban J connectivity index is 1.58. The molecule has 0 atom stereocenters. The topological polar surface area (TPSA) is 140 Å². The van der Waals surface area contributed by atoms with E-state index in [1.165, 1.54) is 11.6 Å². The van der Waals surface area contributed by atoms with Gasteiger partial charge in [-0.15, -0.1) is 10.2 Å². The fourth-order valence-electron chi connectivity index (χ4n) is 3.42. The van der Waals surface area contributed by atoms with Crippen LogP contribution in [-0.4, -0.2) is 79.4 Å². The summed E-state index contributed by atoms with van der Waals surface area (Å²) in [6.07, 6.45) is 3.24. The van der Waals surface area contributed by atoms with Crippen molar-refractivity contribution >= 4 is 17.1 Å². The second-order valence-corrected chi connectivity index (χ2v) is 7.25. The van der Waals surface area contributed by atoms with Crippen LogP contribution in [0.4, 0.5) is 0 Å². The molecule has 0 aromatic carbocycles. The monoisotopic (exact) mass is 425 g/mol. The fourth-order valence-corrected chi connectivity index (χ4v) is 3.42. The van der Waals surface area contributed by atoms with Crippen molar-refractivity contribution in [3.8, 4) is 0 Å². The molecule has 0 aliphatic carbocycles. The predicted octanol–water partition coefficient (Wildman–Crippen LogP) is -2.04. The van der Waals surface area contributed by atoms with Gasteiger partial charge in [0.1, 0.15) is 0 Å². The molecule has 0 saturated carbocycles. The van der Waals surface area contributed by atoms with Crippen LogP contribution in [0.3, 0.4) is 0 Å². The predicted molar refractivity (Wildman–Crippen MR) is 112 cm³/mol. The van der Waals surface area contributed by atoms with Gasteiger partial charge in [0.05, 0.1) is 6.54 Å². The van der Waals surface area contributed by atoms with Crippen LogP contribution in [0.2, 0.25) is 0 Å². The lowest BCUT2D eigenvalue weighted by atomic mass is 10.3. The van der Waals surface area contributed by atoms with Gasteiger partial charge in [0.25, 0.3) is 11.5 Å². The number of hydrogen-bond donors (Lipinski definition) is 2. The van der Waals surface area contributed by atoms with E-state index in [2.05, 4.69) is 35.7 Å². The summed E-state index contributed by atoms with van der Waals surface area (Å²) in [5.74, 6) is -0.729. The molecule has 3 aromatic rings. The van der Waals surface area contributed by atoms with Gasteiger partial charge in [0, 0.05) is 58.7 Å². The molecule has 1 aliphatic heterocycles. The second kappa shape index (κ2) is 9.10. The summed E-state index contributed by atoms with van der Waals surface area (Å²) >= 11 is 0. The third-order valence-electron chi connectivity index (χ3n) is 5.14. The number of nitrogens with zero attached hydrogens (tertiary/aromatic N) is 7. The summed E-state index contributed by atoms with van der Waals surface area (Å²) in [5, 5.41) is 13.9. The van der Waals surface area contributed by atoms with Crippen molar-refractivity contribution in [2.75, 3.05) is 39.3 Å². The highest BCUT2D eigenvalue weighted by Crippen LogP contribution is 2.05. The molecule has 2 N–H and O–H groups in total. The third-order valence-corrected chi connectivity index (χ3v) is 5.14. The number of carbonyl (C=O) groups is 1. The Labute approximate surface area is 176 Å². The molecule has 0 unspecified atom stereocenters. The molecular weight excluding hydrogens is 402 g/mol. The molecule has 3 aromatic heterocycles. The van der Waals surface area contributed by atoms with Crippen molar-refractivity contribution in [2.24, 2.45) is 7.05 Å². The molecule has 1 amide bonds. The molecule has 4 heterocycles. The van der Waals surface area contributed by atoms with Crippen molar-refractivity contribution in [2.45, 2.75) is 6.54 Å². The molecule has 0 radical (unpaired) electrons. The lowest BCUT2D eigenvalue weighted by molar-refractivity contribution is 0.0936. The van der Waals surface area contributed by atoms with E-state index in [0.717, 1.165) is 36.3 Å². The highest BCUT2D eigenvalue weighted by Gasteiger charge is 2.18.